The van der Waals surface area contributed by atoms with Crippen molar-refractivity contribution in [1.29, 1.82) is 0 Å². The molecule has 0 N–H and O–H groups in total. The summed E-state index contributed by atoms with van der Waals surface area (Å²) in [5, 5.41) is 0. The number of hydrogen-bond donors (Lipinski definition) is 0. The van der Waals surface area contributed by atoms with Gasteiger partial charge in [-0.05, 0) is 24.1 Å². The maximum Gasteiger partial charge on any atom is 0.167 e. The molecule has 1 aliphatic carbocycles. The van der Waals surface area contributed by atoms with Gasteiger partial charge in [-0.3, -0.25) is 4.79 Å². The van der Waals surface area contributed by atoms with Crippen LogP contribution in [0.1, 0.15) is 21.7 Å². The third-order valence-corrected chi connectivity index (χ3v) is 3.15. The number of rotatable bonds is 2. The van der Waals surface area contributed by atoms with Gasteiger partial charge in [-0.15, -0.1) is 0 Å². The lowest BCUT2D eigenvalue weighted by atomic mass is 10.00. The van der Waals surface area contributed by atoms with E-state index in [1.807, 2.05) is 36.4 Å². The van der Waals surface area contributed by atoms with Crippen LogP contribution in [0, 0.1) is 5.92 Å². The van der Waals surface area contributed by atoms with Gasteiger partial charge in [0, 0.05) is 17.9 Å². The molecule has 0 saturated heterocycles. The van der Waals surface area contributed by atoms with Gasteiger partial charge in [0.1, 0.15) is 5.76 Å². The van der Waals surface area contributed by atoms with E-state index in [1.165, 1.54) is 5.56 Å². The highest BCUT2D eigenvalue weighted by Crippen LogP contribution is 2.28. The maximum absolute atomic E-state index is 12.1. The Morgan fingerprint density at radius 3 is 2.81 bits per heavy atom. The molecule has 0 fully saturated rings. The summed E-state index contributed by atoms with van der Waals surface area (Å²) in [6.07, 6.45) is 3.21. The van der Waals surface area contributed by atoms with E-state index in [-0.39, 0.29) is 11.7 Å². The molecule has 1 aromatic heterocycles. The fourth-order valence-electron chi connectivity index (χ4n) is 2.35. The van der Waals surface area contributed by atoms with Crippen molar-refractivity contribution in [3.63, 3.8) is 0 Å². The highest BCUT2D eigenvalue weighted by molar-refractivity contribution is 6.02. The summed E-state index contributed by atoms with van der Waals surface area (Å²) in [4.78, 5) is 12.1. The van der Waals surface area contributed by atoms with Gasteiger partial charge in [0.2, 0.25) is 0 Å². The van der Waals surface area contributed by atoms with Crippen LogP contribution in [0.3, 0.4) is 0 Å². The minimum atomic E-state index is 0.0588. The molecule has 0 aliphatic heterocycles. The second-order valence-corrected chi connectivity index (χ2v) is 4.21. The van der Waals surface area contributed by atoms with Crippen LogP contribution in [-0.2, 0) is 12.8 Å². The molecule has 1 heterocycles. The van der Waals surface area contributed by atoms with E-state index in [9.17, 15) is 4.79 Å². The normalized spacial score (nSPS) is 18.8. The van der Waals surface area contributed by atoms with Gasteiger partial charge in [0.15, 0.2) is 5.78 Å². The molecule has 1 aliphatic rings. The molecule has 0 bridgehead atoms. The van der Waals surface area contributed by atoms with Crippen molar-refractivity contribution in [3.8, 4) is 0 Å². The van der Waals surface area contributed by atoms with Gasteiger partial charge < -0.3 is 4.42 Å². The Morgan fingerprint density at radius 2 is 2.06 bits per heavy atom. The number of ketones is 1. The van der Waals surface area contributed by atoms with Crippen molar-refractivity contribution >= 4 is 5.78 Å². The highest BCUT2D eigenvalue weighted by Gasteiger charge is 2.30. The largest absolute Gasteiger partial charge is 0.469 e. The van der Waals surface area contributed by atoms with Crippen molar-refractivity contribution in [2.45, 2.75) is 12.8 Å². The minimum absolute atomic E-state index is 0.0588. The zero-order chi connectivity index (χ0) is 11.0. The third kappa shape index (κ3) is 1.47. The molecule has 16 heavy (non-hydrogen) atoms. The molecular formula is C14H12O2. The smallest absolute Gasteiger partial charge is 0.167 e. The number of hydrogen-bond acceptors (Lipinski definition) is 2. The molecule has 0 saturated carbocycles. The van der Waals surface area contributed by atoms with Crippen molar-refractivity contribution in [2.75, 3.05) is 0 Å². The van der Waals surface area contributed by atoms with E-state index in [0.717, 1.165) is 17.7 Å². The van der Waals surface area contributed by atoms with E-state index < -0.39 is 0 Å². The summed E-state index contributed by atoms with van der Waals surface area (Å²) in [6, 6.07) is 11.7. The molecule has 0 radical (unpaired) electrons. The standard InChI is InChI=1S/C14H12O2/c15-14-11(9-12-5-3-7-16-12)8-10-4-1-2-6-13(10)14/h1-7,11H,8-9H2. The summed E-state index contributed by atoms with van der Waals surface area (Å²) in [6.45, 7) is 0. The SMILES string of the molecule is O=C1c2ccccc2CC1Cc1ccco1. The fourth-order valence-corrected chi connectivity index (χ4v) is 2.35. The Bertz CT molecular complexity index is 509. The molecule has 2 nitrogen and oxygen atoms in total. The average Bonchev–Trinajstić information content (AvgIpc) is 2.90. The molecule has 0 spiro atoms. The Morgan fingerprint density at radius 1 is 1.19 bits per heavy atom. The van der Waals surface area contributed by atoms with Crippen molar-refractivity contribution in [1.82, 2.24) is 0 Å². The molecular weight excluding hydrogens is 200 g/mol. The van der Waals surface area contributed by atoms with Crippen LogP contribution in [0.15, 0.2) is 47.1 Å². The second kappa shape index (κ2) is 3.63. The molecule has 2 aromatic rings. The predicted octanol–water partition coefficient (Wildman–Crippen LogP) is 2.88. The molecule has 3 rings (SSSR count). The molecule has 1 atom stereocenters. The number of benzene rings is 1. The first kappa shape index (κ1) is 9.40. The fraction of sp³-hybridized carbons (Fsp3) is 0.214. The zero-order valence-electron chi connectivity index (χ0n) is 8.85. The van der Waals surface area contributed by atoms with E-state index in [1.54, 1.807) is 6.26 Å². The quantitative estimate of drug-likeness (QED) is 0.766. The van der Waals surface area contributed by atoms with Crippen molar-refractivity contribution in [2.24, 2.45) is 5.92 Å². The summed E-state index contributed by atoms with van der Waals surface area (Å²) in [7, 11) is 0. The average molecular weight is 212 g/mol. The van der Waals surface area contributed by atoms with E-state index >= 15 is 0 Å². The van der Waals surface area contributed by atoms with Crippen molar-refractivity contribution in [3.05, 3.63) is 59.5 Å². The molecule has 1 unspecified atom stereocenters. The molecule has 0 amide bonds. The summed E-state index contributed by atoms with van der Waals surface area (Å²) in [5.74, 6) is 1.21. The summed E-state index contributed by atoms with van der Waals surface area (Å²) in [5.41, 5.74) is 2.06. The Labute approximate surface area is 93.9 Å². The summed E-state index contributed by atoms with van der Waals surface area (Å²) >= 11 is 0. The lowest BCUT2D eigenvalue weighted by molar-refractivity contribution is 0.0932. The lowest BCUT2D eigenvalue weighted by Gasteiger charge is -2.04. The van der Waals surface area contributed by atoms with Gasteiger partial charge in [-0.25, -0.2) is 0 Å². The molecule has 80 valence electrons. The van der Waals surface area contributed by atoms with Crippen LogP contribution in [0.2, 0.25) is 0 Å². The minimum Gasteiger partial charge on any atom is -0.469 e. The zero-order valence-corrected chi connectivity index (χ0v) is 8.85. The highest BCUT2D eigenvalue weighted by atomic mass is 16.3. The van der Waals surface area contributed by atoms with E-state index in [0.29, 0.717) is 6.42 Å². The van der Waals surface area contributed by atoms with E-state index in [2.05, 4.69) is 0 Å². The predicted molar refractivity (Wildman–Crippen MR) is 60.4 cm³/mol. The molecule has 2 heteroatoms. The van der Waals surface area contributed by atoms with Crippen LogP contribution in [-0.4, -0.2) is 5.78 Å². The number of carbonyl (C=O) groups is 1. The Balaban J connectivity index is 1.85. The summed E-state index contributed by atoms with van der Waals surface area (Å²) < 4.78 is 5.29. The second-order valence-electron chi connectivity index (χ2n) is 4.21. The number of fused-ring (bicyclic) bond motifs is 1. The van der Waals surface area contributed by atoms with E-state index in [4.69, 9.17) is 4.42 Å². The van der Waals surface area contributed by atoms with Crippen LogP contribution in [0.5, 0.6) is 0 Å². The number of Topliss-reactive ketones (excluding diaryl/α,β-unsaturated/α-hetero) is 1. The first-order valence-corrected chi connectivity index (χ1v) is 5.49. The monoisotopic (exact) mass is 212 g/mol. The van der Waals surface area contributed by atoms with Crippen LogP contribution >= 0.6 is 0 Å². The van der Waals surface area contributed by atoms with Gasteiger partial charge in [-0.1, -0.05) is 24.3 Å². The van der Waals surface area contributed by atoms with Gasteiger partial charge in [0.25, 0.3) is 0 Å². The Hall–Kier alpha value is -1.83. The van der Waals surface area contributed by atoms with Crippen LogP contribution in [0.25, 0.3) is 0 Å². The van der Waals surface area contributed by atoms with Crippen LogP contribution in [0.4, 0.5) is 0 Å². The Kier molecular flexibility index (Phi) is 2.13. The maximum atomic E-state index is 12.1. The lowest BCUT2D eigenvalue weighted by Crippen LogP contribution is -2.11. The first-order valence-electron chi connectivity index (χ1n) is 5.49. The van der Waals surface area contributed by atoms with Gasteiger partial charge in [0.05, 0.1) is 6.26 Å². The number of carbonyl (C=O) groups excluding carboxylic acids is 1. The van der Waals surface area contributed by atoms with Gasteiger partial charge in [-0.2, -0.15) is 0 Å². The van der Waals surface area contributed by atoms with Gasteiger partial charge >= 0.3 is 0 Å². The van der Waals surface area contributed by atoms with Crippen LogP contribution < -0.4 is 0 Å². The topological polar surface area (TPSA) is 30.2 Å². The third-order valence-electron chi connectivity index (χ3n) is 3.15. The first-order chi connectivity index (χ1) is 7.84. The van der Waals surface area contributed by atoms with Crippen molar-refractivity contribution < 1.29 is 9.21 Å². The number of furan rings is 1. The molecule has 1 aromatic carbocycles.